The Hall–Kier alpha value is -2.06. The van der Waals surface area contributed by atoms with Crippen LogP contribution in [0.4, 0.5) is 10.7 Å². The first kappa shape index (κ1) is 17.8. The molecule has 0 bridgehead atoms. The highest BCUT2D eigenvalue weighted by molar-refractivity contribution is 8.00. The molecule has 25 heavy (non-hydrogen) atoms. The number of carbonyl (C=O) groups excluding carboxylic acids is 1. The molecule has 132 valence electrons. The summed E-state index contributed by atoms with van der Waals surface area (Å²) in [5.41, 5.74) is 1.82. The lowest BCUT2D eigenvalue weighted by Gasteiger charge is -2.12. The Bertz CT molecular complexity index is 787. The van der Waals surface area contributed by atoms with Crippen molar-refractivity contribution >= 4 is 39.9 Å². The van der Waals surface area contributed by atoms with Crippen molar-refractivity contribution in [3.63, 3.8) is 0 Å². The van der Waals surface area contributed by atoms with Gasteiger partial charge in [0.2, 0.25) is 0 Å². The Morgan fingerprint density at radius 2 is 2.04 bits per heavy atom. The molecular formula is C17H18N2O4S2. The van der Waals surface area contributed by atoms with E-state index in [1.807, 2.05) is 0 Å². The number of benzene rings is 1. The van der Waals surface area contributed by atoms with Crippen molar-refractivity contribution in [3.8, 4) is 0 Å². The van der Waals surface area contributed by atoms with Crippen molar-refractivity contribution in [2.45, 2.75) is 37.5 Å². The maximum atomic E-state index is 12.4. The minimum atomic E-state index is -0.423. The summed E-state index contributed by atoms with van der Waals surface area (Å²) < 4.78 is 8.47. The molecule has 0 aliphatic heterocycles. The molecule has 1 aliphatic rings. The van der Waals surface area contributed by atoms with E-state index in [-0.39, 0.29) is 11.7 Å². The summed E-state index contributed by atoms with van der Waals surface area (Å²) in [6, 6.07) is 6.31. The highest BCUT2D eigenvalue weighted by atomic mass is 32.2. The number of esters is 1. The second kappa shape index (κ2) is 7.88. The molecule has 1 aromatic carbocycles. The summed E-state index contributed by atoms with van der Waals surface area (Å²) >= 11 is 2.94. The second-order valence-electron chi connectivity index (χ2n) is 5.59. The van der Waals surface area contributed by atoms with E-state index in [4.69, 9.17) is 4.74 Å². The van der Waals surface area contributed by atoms with Crippen molar-refractivity contribution < 1.29 is 14.5 Å². The van der Waals surface area contributed by atoms with Crippen LogP contribution in [0.15, 0.2) is 29.2 Å². The number of aryl methyl sites for hydroxylation is 1. The normalized spacial score (nSPS) is 13.2. The van der Waals surface area contributed by atoms with Crippen molar-refractivity contribution in [1.82, 2.24) is 0 Å². The number of thiophene rings is 1. The van der Waals surface area contributed by atoms with Crippen LogP contribution in [0, 0.1) is 10.1 Å². The summed E-state index contributed by atoms with van der Waals surface area (Å²) in [5, 5.41) is 11.5. The number of fused-ring (bicyclic) bond motifs is 1. The van der Waals surface area contributed by atoms with E-state index in [0.29, 0.717) is 12.2 Å². The maximum Gasteiger partial charge on any atom is 0.341 e. The Kier molecular flexibility index (Phi) is 5.60. The fraction of sp³-hybridized carbons (Fsp3) is 0.353. The Morgan fingerprint density at radius 3 is 2.72 bits per heavy atom. The predicted octanol–water partition coefficient (Wildman–Crippen LogP) is 4.83. The summed E-state index contributed by atoms with van der Waals surface area (Å²) in [5.74, 6) is -0.284. The minimum Gasteiger partial charge on any atom is -0.462 e. The molecule has 8 heteroatoms. The van der Waals surface area contributed by atoms with E-state index in [1.54, 1.807) is 30.4 Å². The Morgan fingerprint density at radius 1 is 1.32 bits per heavy atom. The first-order chi connectivity index (χ1) is 12.1. The van der Waals surface area contributed by atoms with E-state index in [9.17, 15) is 14.9 Å². The molecule has 0 radical (unpaired) electrons. The minimum absolute atomic E-state index is 0.0585. The van der Waals surface area contributed by atoms with Crippen LogP contribution >= 0.6 is 23.3 Å². The lowest BCUT2D eigenvalue weighted by atomic mass is 9.95. The number of nitro benzene ring substituents is 1. The highest BCUT2D eigenvalue weighted by Crippen LogP contribution is 2.40. The van der Waals surface area contributed by atoms with Crippen molar-refractivity contribution in [3.05, 3.63) is 50.4 Å². The van der Waals surface area contributed by atoms with Crippen LogP contribution in [-0.4, -0.2) is 17.5 Å². The second-order valence-corrected chi connectivity index (χ2v) is 7.58. The molecule has 0 saturated carbocycles. The van der Waals surface area contributed by atoms with E-state index in [1.165, 1.54) is 29.0 Å². The van der Waals surface area contributed by atoms with Gasteiger partial charge in [0.05, 0.1) is 17.1 Å². The van der Waals surface area contributed by atoms with Crippen molar-refractivity contribution in [2.75, 3.05) is 11.3 Å². The van der Waals surface area contributed by atoms with Crippen molar-refractivity contribution in [1.29, 1.82) is 0 Å². The summed E-state index contributed by atoms with van der Waals surface area (Å²) in [7, 11) is 0. The largest absolute Gasteiger partial charge is 0.462 e. The number of nitro groups is 1. The lowest BCUT2D eigenvalue weighted by molar-refractivity contribution is -0.384. The van der Waals surface area contributed by atoms with E-state index in [2.05, 4.69) is 4.72 Å². The van der Waals surface area contributed by atoms with Gasteiger partial charge in [-0.25, -0.2) is 4.79 Å². The molecule has 1 aliphatic carbocycles. The standard InChI is InChI=1S/C17H18N2O4S2/c1-2-23-17(20)15-13-5-3-4-6-14(13)24-16(15)18-25-12-9-7-11(8-10-12)19(21)22/h7-10,18H,2-6H2,1H3. The molecule has 3 rings (SSSR count). The molecule has 2 aromatic rings. The van der Waals surface area contributed by atoms with Gasteiger partial charge in [-0.2, -0.15) is 0 Å². The Balaban J connectivity index is 1.80. The first-order valence-corrected chi connectivity index (χ1v) is 9.72. The number of nitrogens with one attached hydrogen (secondary N) is 1. The van der Waals surface area contributed by atoms with E-state index < -0.39 is 4.92 Å². The molecule has 1 N–H and O–H groups in total. The lowest BCUT2D eigenvalue weighted by Crippen LogP contribution is -2.10. The molecule has 0 unspecified atom stereocenters. The molecule has 0 amide bonds. The Labute approximate surface area is 153 Å². The molecule has 1 heterocycles. The fourth-order valence-electron chi connectivity index (χ4n) is 2.80. The molecular weight excluding hydrogens is 360 g/mol. The smallest absolute Gasteiger partial charge is 0.341 e. The number of rotatable bonds is 6. The SMILES string of the molecule is CCOC(=O)c1c(NSc2ccc([N+](=O)[O-])cc2)sc2c1CCCC2. The zero-order valence-corrected chi connectivity index (χ0v) is 15.4. The number of hydrogen-bond acceptors (Lipinski definition) is 7. The van der Waals surface area contributed by atoms with Gasteiger partial charge in [0.1, 0.15) is 5.00 Å². The number of carbonyl (C=O) groups is 1. The summed E-state index contributed by atoms with van der Waals surface area (Å²) in [4.78, 5) is 24.8. The van der Waals surface area contributed by atoms with Crippen LogP contribution < -0.4 is 4.72 Å². The predicted molar refractivity (Wildman–Crippen MR) is 99.5 cm³/mol. The monoisotopic (exact) mass is 378 g/mol. The fourth-order valence-corrected chi connectivity index (χ4v) is 4.80. The van der Waals surface area contributed by atoms with Gasteiger partial charge in [-0.15, -0.1) is 11.3 Å². The number of hydrogen-bond donors (Lipinski definition) is 1. The number of anilines is 1. The van der Waals surface area contributed by atoms with Gasteiger partial charge in [-0.05, 0) is 62.3 Å². The summed E-state index contributed by atoms with van der Waals surface area (Å²) in [6.45, 7) is 2.15. The summed E-state index contributed by atoms with van der Waals surface area (Å²) in [6.07, 6.45) is 4.13. The third-order valence-corrected chi connectivity index (χ3v) is 6.11. The van der Waals surface area contributed by atoms with Crippen LogP contribution in [0.5, 0.6) is 0 Å². The third-order valence-electron chi connectivity index (χ3n) is 3.96. The average molecular weight is 378 g/mol. The van der Waals surface area contributed by atoms with Crippen LogP contribution in [0.25, 0.3) is 0 Å². The van der Waals surface area contributed by atoms with Crippen LogP contribution in [0.3, 0.4) is 0 Å². The number of ether oxygens (including phenoxy) is 1. The van der Waals surface area contributed by atoms with Crippen molar-refractivity contribution in [2.24, 2.45) is 0 Å². The zero-order valence-electron chi connectivity index (χ0n) is 13.7. The number of non-ortho nitro benzene ring substituents is 1. The maximum absolute atomic E-state index is 12.4. The van der Waals surface area contributed by atoms with Crippen LogP contribution in [0.2, 0.25) is 0 Å². The quantitative estimate of drug-likeness (QED) is 0.335. The molecule has 0 atom stereocenters. The van der Waals surface area contributed by atoms with Gasteiger partial charge in [0.15, 0.2) is 0 Å². The molecule has 1 aromatic heterocycles. The molecule has 6 nitrogen and oxygen atoms in total. The van der Waals surface area contributed by atoms with Gasteiger partial charge in [0.25, 0.3) is 5.69 Å². The topological polar surface area (TPSA) is 81.5 Å². The van der Waals surface area contributed by atoms with Gasteiger partial charge in [-0.3, -0.25) is 10.1 Å². The van der Waals surface area contributed by atoms with Crippen LogP contribution in [0.1, 0.15) is 40.6 Å². The average Bonchev–Trinajstić information content (AvgIpc) is 2.99. The highest BCUT2D eigenvalue weighted by Gasteiger charge is 2.26. The molecule has 0 fully saturated rings. The third kappa shape index (κ3) is 3.96. The van der Waals surface area contributed by atoms with Gasteiger partial charge in [0, 0.05) is 21.9 Å². The number of nitrogens with zero attached hydrogens (tertiary/aromatic N) is 1. The van der Waals surface area contributed by atoms with E-state index >= 15 is 0 Å². The van der Waals surface area contributed by atoms with Crippen LogP contribution in [-0.2, 0) is 17.6 Å². The van der Waals surface area contributed by atoms with Gasteiger partial charge < -0.3 is 9.46 Å². The zero-order chi connectivity index (χ0) is 17.8. The van der Waals surface area contributed by atoms with Gasteiger partial charge in [-0.1, -0.05) is 0 Å². The van der Waals surface area contributed by atoms with E-state index in [0.717, 1.165) is 41.1 Å². The van der Waals surface area contributed by atoms with Gasteiger partial charge >= 0.3 is 5.97 Å². The molecule has 0 spiro atoms. The molecule has 0 saturated heterocycles. The first-order valence-electron chi connectivity index (χ1n) is 8.09.